The zero-order valence-electron chi connectivity index (χ0n) is 11.0. The first-order chi connectivity index (χ1) is 9.22. The van der Waals surface area contributed by atoms with Crippen molar-refractivity contribution in [3.8, 4) is 0 Å². The zero-order valence-corrected chi connectivity index (χ0v) is 11.0. The minimum absolute atomic E-state index is 0.000854. The Bertz CT molecular complexity index is 516. The maximum atomic E-state index is 13.5. The standard InChI is InChI=1S/C13H14F5NO/c1-8-10(4-3-9(14)11(8)15)19-6-5-12(7-19,20-2)13(16,17)18/h3-4H,5-7H2,1-2H3. The molecule has 0 aromatic heterocycles. The van der Waals surface area contributed by atoms with Gasteiger partial charge >= 0.3 is 6.18 Å². The van der Waals surface area contributed by atoms with Gasteiger partial charge in [0, 0.05) is 31.3 Å². The van der Waals surface area contributed by atoms with Crippen molar-refractivity contribution in [3.63, 3.8) is 0 Å². The Morgan fingerprint density at radius 1 is 1.25 bits per heavy atom. The van der Waals surface area contributed by atoms with Crippen LogP contribution >= 0.6 is 0 Å². The minimum Gasteiger partial charge on any atom is -0.368 e. The number of nitrogens with zero attached hydrogens (tertiary/aromatic N) is 1. The second kappa shape index (κ2) is 4.87. The summed E-state index contributed by atoms with van der Waals surface area (Å²) in [6.07, 6.45) is -4.76. The number of ether oxygens (including phenoxy) is 1. The monoisotopic (exact) mass is 295 g/mol. The Kier molecular flexibility index (Phi) is 3.66. The topological polar surface area (TPSA) is 12.5 Å². The van der Waals surface area contributed by atoms with E-state index in [-0.39, 0.29) is 24.2 Å². The quantitative estimate of drug-likeness (QED) is 0.775. The lowest BCUT2D eigenvalue weighted by molar-refractivity contribution is -0.260. The van der Waals surface area contributed by atoms with Crippen molar-refractivity contribution in [2.24, 2.45) is 0 Å². The molecule has 0 aliphatic carbocycles. The van der Waals surface area contributed by atoms with Crippen LogP contribution in [0.25, 0.3) is 0 Å². The maximum Gasteiger partial charge on any atom is 0.419 e. The van der Waals surface area contributed by atoms with Gasteiger partial charge in [0.05, 0.1) is 6.54 Å². The van der Waals surface area contributed by atoms with E-state index in [0.29, 0.717) is 0 Å². The molecule has 1 saturated heterocycles. The Morgan fingerprint density at radius 3 is 2.40 bits per heavy atom. The van der Waals surface area contributed by atoms with E-state index in [1.165, 1.54) is 17.9 Å². The molecule has 1 aromatic carbocycles. The van der Waals surface area contributed by atoms with E-state index in [9.17, 15) is 22.0 Å². The molecule has 1 heterocycles. The normalized spacial score (nSPS) is 23.4. The van der Waals surface area contributed by atoms with E-state index in [1.54, 1.807) is 0 Å². The lowest BCUT2D eigenvalue weighted by atomic mass is 10.0. The van der Waals surface area contributed by atoms with Crippen LogP contribution in [0.15, 0.2) is 12.1 Å². The van der Waals surface area contributed by atoms with Gasteiger partial charge in [0.2, 0.25) is 0 Å². The molecule has 2 rings (SSSR count). The van der Waals surface area contributed by atoms with Crippen molar-refractivity contribution < 1.29 is 26.7 Å². The van der Waals surface area contributed by atoms with Gasteiger partial charge in [-0.1, -0.05) is 0 Å². The van der Waals surface area contributed by atoms with Crippen molar-refractivity contribution in [3.05, 3.63) is 29.3 Å². The summed E-state index contributed by atoms with van der Waals surface area (Å²) < 4.78 is 70.4. The van der Waals surface area contributed by atoms with Crippen LogP contribution in [0.4, 0.5) is 27.6 Å². The molecule has 0 spiro atoms. The molecule has 0 bridgehead atoms. The predicted octanol–water partition coefficient (Wildman–Crippen LogP) is 3.43. The van der Waals surface area contributed by atoms with Gasteiger partial charge < -0.3 is 9.64 Å². The number of alkyl halides is 3. The number of rotatable bonds is 2. The van der Waals surface area contributed by atoms with Gasteiger partial charge in [-0.3, -0.25) is 0 Å². The van der Waals surface area contributed by atoms with Crippen molar-refractivity contribution in [1.82, 2.24) is 0 Å². The van der Waals surface area contributed by atoms with Crippen LogP contribution in [0.5, 0.6) is 0 Å². The second-order valence-electron chi connectivity index (χ2n) is 4.87. The third-order valence-corrected chi connectivity index (χ3v) is 3.79. The van der Waals surface area contributed by atoms with Gasteiger partial charge in [0.15, 0.2) is 17.2 Å². The lowest BCUT2D eigenvalue weighted by Crippen LogP contribution is -2.49. The van der Waals surface area contributed by atoms with E-state index in [2.05, 4.69) is 4.74 Å². The highest BCUT2D eigenvalue weighted by molar-refractivity contribution is 5.55. The molecule has 1 atom stereocenters. The summed E-state index contributed by atoms with van der Waals surface area (Å²) in [4.78, 5) is 1.37. The van der Waals surface area contributed by atoms with Crippen LogP contribution in [0, 0.1) is 18.6 Å². The SMILES string of the molecule is COC1(C(F)(F)F)CCN(c2ccc(F)c(F)c2C)C1. The highest BCUT2D eigenvalue weighted by Crippen LogP contribution is 2.42. The van der Waals surface area contributed by atoms with Gasteiger partial charge in [-0.2, -0.15) is 13.2 Å². The first kappa shape index (κ1) is 15.0. The Hall–Kier alpha value is -1.37. The minimum atomic E-state index is -4.51. The van der Waals surface area contributed by atoms with E-state index in [4.69, 9.17) is 0 Å². The molecule has 0 saturated carbocycles. The fourth-order valence-electron chi connectivity index (χ4n) is 2.49. The van der Waals surface area contributed by atoms with Crippen LogP contribution < -0.4 is 4.90 Å². The highest BCUT2D eigenvalue weighted by atomic mass is 19.4. The zero-order chi connectivity index (χ0) is 15.1. The molecule has 112 valence electrons. The van der Waals surface area contributed by atoms with Crippen molar-refractivity contribution in [2.75, 3.05) is 25.1 Å². The summed E-state index contributed by atoms with van der Waals surface area (Å²) in [5.41, 5.74) is -2.00. The Balaban J connectivity index is 2.32. The van der Waals surface area contributed by atoms with Crippen molar-refractivity contribution in [1.29, 1.82) is 0 Å². The Morgan fingerprint density at radius 2 is 1.90 bits per heavy atom. The first-order valence-corrected chi connectivity index (χ1v) is 6.03. The molecule has 1 aliphatic rings. The van der Waals surface area contributed by atoms with Crippen molar-refractivity contribution in [2.45, 2.75) is 25.1 Å². The molecule has 1 aromatic rings. The number of hydrogen-bond acceptors (Lipinski definition) is 2. The van der Waals surface area contributed by atoms with Gasteiger partial charge in [0.1, 0.15) is 0 Å². The van der Waals surface area contributed by atoms with Crippen LogP contribution in [0.3, 0.4) is 0 Å². The maximum absolute atomic E-state index is 13.5. The smallest absolute Gasteiger partial charge is 0.368 e. The summed E-state index contributed by atoms with van der Waals surface area (Å²) in [6, 6.07) is 2.20. The summed E-state index contributed by atoms with van der Waals surface area (Å²) >= 11 is 0. The lowest BCUT2D eigenvalue weighted by Gasteiger charge is -2.31. The summed E-state index contributed by atoms with van der Waals surface area (Å²) in [5, 5.41) is 0. The highest BCUT2D eigenvalue weighted by Gasteiger charge is 2.59. The fraction of sp³-hybridized carbons (Fsp3) is 0.538. The number of hydrogen-bond donors (Lipinski definition) is 0. The molecular weight excluding hydrogens is 281 g/mol. The molecule has 7 heteroatoms. The number of benzene rings is 1. The first-order valence-electron chi connectivity index (χ1n) is 6.03. The van der Waals surface area contributed by atoms with E-state index >= 15 is 0 Å². The average molecular weight is 295 g/mol. The molecule has 0 amide bonds. The van der Waals surface area contributed by atoms with E-state index in [0.717, 1.165) is 13.2 Å². The van der Waals surface area contributed by atoms with Gasteiger partial charge in [-0.25, -0.2) is 8.78 Å². The Labute approximate surface area is 113 Å². The molecule has 0 N–H and O–H groups in total. The molecule has 20 heavy (non-hydrogen) atoms. The largest absolute Gasteiger partial charge is 0.419 e. The van der Waals surface area contributed by atoms with Crippen LogP contribution in [0.1, 0.15) is 12.0 Å². The van der Waals surface area contributed by atoms with Crippen molar-refractivity contribution >= 4 is 5.69 Å². The van der Waals surface area contributed by atoms with Crippen LogP contribution in [-0.4, -0.2) is 32.0 Å². The van der Waals surface area contributed by atoms with E-state index in [1.807, 2.05) is 0 Å². The fourth-order valence-corrected chi connectivity index (χ4v) is 2.49. The van der Waals surface area contributed by atoms with Gasteiger partial charge in [-0.15, -0.1) is 0 Å². The molecule has 1 unspecified atom stereocenters. The molecule has 1 aliphatic heterocycles. The predicted molar refractivity (Wildman–Crippen MR) is 63.7 cm³/mol. The molecular formula is C13H14F5NO. The number of halogens is 5. The number of methoxy groups -OCH3 is 1. The molecule has 2 nitrogen and oxygen atoms in total. The summed E-state index contributed by atoms with van der Waals surface area (Å²) in [6.45, 7) is 0.978. The van der Waals surface area contributed by atoms with Crippen LogP contribution in [0.2, 0.25) is 0 Å². The van der Waals surface area contributed by atoms with Gasteiger partial charge in [0.25, 0.3) is 0 Å². The van der Waals surface area contributed by atoms with E-state index < -0.39 is 30.0 Å². The third-order valence-electron chi connectivity index (χ3n) is 3.79. The average Bonchev–Trinajstić information content (AvgIpc) is 2.81. The van der Waals surface area contributed by atoms with Gasteiger partial charge in [-0.05, 0) is 19.1 Å². The summed E-state index contributed by atoms with van der Waals surface area (Å²) in [5.74, 6) is -2.05. The third kappa shape index (κ3) is 2.24. The summed E-state index contributed by atoms with van der Waals surface area (Å²) in [7, 11) is 1.01. The van der Waals surface area contributed by atoms with Crippen LogP contribution in [-0.2, 0) is 4.74 Å². The molecule has 0 radical (unpaired) electrons. The number of anilines is 1. The molecule has 1 fully saturated rings. The second-order valence-corrected chi connectivity index (χ2v) is 4.87.